The molecule has 1 heterocycles. The van der Waals surface area contributed by atoms with E-state index < -0.39 is 43.6 Å². The number of ether oxygens (including phenoxy) is 2. The second-order valence-electron chi connectivity index (χ2n) is 8.25. The number of aromatic nitrogens is 1. The first-order valence-electron chi connectivity index (χ1n) is 11.1. The Kier molecular flexibility index (Phi) is 9.07. The standard InChI is InChI=1S/C25H28ClNO9/c1-13-17(10-22(31)36-12-21(30)24(33)23(32)20(29)11-28)18-9-16(35-2)7-8-19(18)27(13)25(34)14-3-5-15(26)6-4-14/h3-9,20-21,23-24,28-30,32-33H,10-12H2,1-2H3/t20-,21-,23-,24-/m1/s1. The van der Waals surface area contributed by atoms with E-state index in [1.54, 1.807) is 49.4 Å². The second kappa shape index (κ2) is 11.8. The number of benzene rings is 2. The van der Waals surface area contributed by atoms with Gasteiger partial charge in [0.15, 0.2) is 0 Å². The molecule has 0 saturated heterocycles. The van der Waals surface area contributed by atoms with Gasteiger partial charge in [-0.2, -0.15) is 0 Å². The van der Waals surface area contributed by atoms with Gasteiger partial charge in [0.2, 0.25) is 0 Å². The van der Waals surface area contributed by atoms with Crippen LogP contribution < -0.4 is 4.74 Å². The first-order valence-corrected chi connectivity index (χ1v) is 11.4. The number of fused-ring (bicyclic) bond motifs is 1. The molecule has 2 aromatic carbocycles. The van der Waals surface area contributed by atoms with Crippen LogP contribution >= 0.6 is 11.6 Å². The van der Waals surface area contributed by atoms with Gasteiger partial charge in [-0.3, -0.25) is 14.2 Å². The molecule has 0 amide bonds. The van der Waals surface area contributed by atoms with Crippen LogP contribution in [0.3, 0.4) is 0 Å². The van der Waals surface area contributed by atoms with Crippen LogP contribution in [-0.4, -0.2) is 86.7 Å². The minimum atomic E-state index is -1.86. The van der Waals surface area contributed by atoms with E-state index in [1.807, 2.05) is 0 Å². The molecule has 0 aliphatic rings. The second-order valence-corrected chi connectivity index (χ2v) is 8.69. The number of nitrogens with zero attached hydrogens (tertiary/aromatic N) is 1. The molecule has 0 aliphatic heterocycles. The van der Waals surface area contributed by atoms with Gasteiger partial charge in [0, 0.05) is 21.7 Å². The lowest BCUT2D eigenvalue weighted by atomic mass is 10.0. The van der Waals surface area contributed by atoms with Crippen LogP contribution in [0.1, 0.15) is 21.6 Å². The topological polar surface area (TPSA) is 159 Å². The molecule has 4 atom stereocenters. The Labute approximate surface area is 211 Å². The summed E-state index contributed by atoms with van der Waals surface area (Å²) < 4.78 is 11.9. The van der Waals surface area contributed by atoms with Crippen molar-refractivity contribution in [2.24, 2.45) is 0 Å². The number of rotatable bonds is 10. The van der Waals surface area contributed by atoms with Crippen molar-refractivity contribution in [2.75, 3.05) is 20.3 Å². The summed E-state index contributed by atoms with van der Waals surface area (Å²) in [6, 6.07) is 11.5. The first-order chi connectivity index (χ1) is 17.1. The Morgan fingerprint density at radius 2 is 1.64 bits per heavy atom. The van der Waals surface area contributed by atoms with Crippen LogP contribution in [0.15, 0.2) is 42.5 Å². The molecular formula is C25H28ClNO9. The van der Waals surface area contributed by atoms with Crippen LogP contribution in [0.25, 0.3) is 10.9 Å². The third-order valence-electron chi connectivity index (χ3n) is 5.90. The number of hydrogen-bond acceptors (Lipinski definition) is 9. The van der Waals surface area contributed by atoms with Crippen molar-refractivity contribution in [2.45, 2.75) is 37.8 Å². The van der Waals surface area contributed by atoms with E-state index in [0.717, 1.165) is 0 Å². The van der Waals surface area contributed by atoms with Crippen molar-refractivity contribution in [3.8, 4) is 5.75 Å². The summed E-state index contributed by atoms with van der Waals surface area (Å²) in [7, 11) is 1.49. The molecule has 0 saturated carbocycles. The van der Waals surface area contributed by atoms with E-state index in [-0.39, 0.29) is 12.3 Å². The van der Waals surface area contributed by atoms with Crippen molar-refractivity contribution >= 4 is 34.4 Å². The Morgan fingerprint density at radius 1 is 1.00 bits per heavy atom. The maximum atomic E-state index is 13.3. The van der Waals surface area contributed by atoms with Crippen LogP contribution in [0.4, 0.5) is 0 Å². The number of aliphatic hydroxyl groups is 5. The number of carbonyl (C=O) groups excluding carboxylic acids is 2. The maximum absolute atomic E-state index is 13.3. The fourth-order valence-corrected chi connectivity index (χ4v) is 3.96. The molecule has 3 rings (SSSR count). The Balaban J connectivity index is 1.86. The molecule has 0 unspecified atom stereocenters. The van der Waals surface area contributed by atoms with E-state index in [4.69, 9.17) is 26.2 Å². The van der Waals surface area contributed by atoms with E-state index in [0.29, 0.717) is 38.5 Å². The average molecular weight is 522 g/mol. The molecule has 1 aromatic heterocycles. The highest BCUT2D eigenvalue weighted by Gasteiger charge is 2.31. The molecule has 0 radical (unpaired) electrons. The van der Waals surface area contributed by atoms with E-state index in [1.165, 1.54) is 11.7 Å². The summed E-state index contributed by atoms with van der Waals surface area (Å²) in [4.78, 5) is 26.0. The molecule has 10 nitrogen and oxygen atoms in total. The van der Waals surface area contributed by atoms with Gasteiger partial charge in [0.05, 0.1) is 25.7 Å². The highest BCUT2D eigenvalue weighted by molar-refractivity contribution is 6.30. The number of carbonyl (C=O) groups is 2. The minimum Gasteiger partial charge on any atom is -0.497 e. The van der Waals surface area contributed by atoms with Gasteiger partial charge in [0.25, 0.3) is 5.91 Å². The summed E-state index contributed by atoms with van der Waals surface area (Å²) in [6.45, 7) is 0.195. The fraction of sp³-hybridized carbons (Fsp3) is 0.360. The van der Waals surface area contributed by atoms with Gasteiger partial charge in [0.1, 0.15) is 36.8 Å². The summed E-state index contributed by atoms with van der Waals surface area (Å²) in [6.07, 6.45) is -7.34. The smallest absolute Gasteiger partial charge is 0.310 e. The number of esters is 1. The highest BCUT2D eigenvalue weighted by atomic mass is 35.5. The van der Waals surface area contributed by atoms with E-state index in [9.17, 15) is 30.0 Å². The summed E-state index contributed by atoms with van der Waals surface area (Å²) in [5, 5.41) is 49.0. The van der Waals surface area contributed by atoms with Gasteiger partial charge < -0.3 is 35.0 Å². The van der Waals surface area contributed by atoms with Crippen molar-refractivity contribution < 1.29 is 44.6 Å². The third-order valence-corrected chi connectivity index (χ3v) is 6.15. The average Bonchev–Trinajstić information content (AvgIpc) is 3.15. The highest BCUT2D eigenvalue weighted by Crippen LogP contribution is 2.31. The molecule has 0 fully saturated rings. The molecule has 0 aliphatic carbocycles. The molecule has 194 valence electrons. The van der Waals surface area contributed by atoms with E-state index in [2.05, 4.69) is 0 Å². The number of halogens is 1. The van der Waals surface area contributed by atoms with Crippen LogP contribution in [0, 0.1) is 6.92 Å². The van der Waals surface area contributed by atoms with Crippen molar-refractivity contribution in [1.29, 1.82) is 0 Å². The van der Waals surface area contributed by atoms with Crippen LogP contribution in [-0.2, 0) is 16.0 Å². The van der Waals surface area contributed by atoms with Crippen molar-refractivity contribution in [3.63, 3.8) is 0 Å². The lowest BCUT2D eigenvalue weighted by molar-refractivity contribution is -0.155. The third kappa shape index (κ3) is 5.86. The SMILES string of the molecule is COc1ccc2c(c1)c(CC(=O)OC[C@@H](O)[C@@H](O)[C@H](O)[C@H](O)CO)c(C)n2C(=O)c1ccc(Cl)cc1. The Bertz CT molecular complexity index is 1220. The minimum absolute atomic E-state index is 0.263. The summed E-state index contributed by atoms with van der Waals surface area (Å²) in [5.74, 6) is -0.570. The van der Waals surface area contributed by atoms with Gasteiger partial charge in [-0.25, -0.2) is 0 Å². The molecule has 5 N–H and O–H groups in total. The van der Waals surface area contributed by atoms with Gasteiger partial charge in [-0.15, -0.1) is 0 Å². The molecule has 0 spiro atoms. The van der Waals surface area contributed by atoms with Crippen molar-refractivity contribution in [1.82, 2.24) is 4.57 Å². The molecule has 36 heavy (non-hydrogen) atoms. The lowest BCUT2D eigenvalue weighted by Gasteiger charge is -2.25. The quantitative estimate of drug-likeness (QED) is 0.243. The monoisotopic (exact) mass is 521 g/mol. The zero-order valence-corrected chi connectivity index (χ0v) is 20.4. The Hall–Kier alpha value is -2.99. The lowest BCUT2D eigenvalue weighted by Crippen LogP contribution is -2.47. The fourth-order valence-electron chi connectivity index (χ4n) is 3.83. The number of hydrogen-bond donors (Lipinski definition) is 5. The first kappa shape index (κ1) is 27.6. The molecule has 0 bridgehead atoms. The number of aliphatic hydroxyl groups excluding tert-OH is 5. The number of methoxy groups -OCH3 is 1. The van der Waals surface area contributed by atoms with Crippen LogP contribution in [0.2, 0.25) is 5.02 Å². The Morgan fingerprint density at radius 3 is 2.25 bits per heavy atom. The molecule has 11 heteroatoms. The summed E-state index contributed by atoms with van der Waals surface area (Å²) in [5.41, 5.74) is 1.94. The maximum Gasteiger partial charge on any atom is 0.310 e. The normalized spacial score (nSPS) is 14.8. The van der Waals surface area contributed by atoms with Gasteiger partial charge in [-0.1, -0.05) is 11.6 Å². The zero-order valence-electron chi connectivity index (χ0n) is 19.7. The van der Waals surface area contributed by atoms with Crippen LogP contribution in [0.5, 0.6) is 5.75 Å². The largest absolute Gasteiger partial charge is 0.497 e. The predicted octanol–water partition coefficient (Wildman–Crippen LogP) is 0.822. The summed E-state index contributed by atoms with van der Waals surface area (Å²) >= 11 is 5.94. The van der Waals surface area contributed by atoms with E-state index >= 15 is 0 Å². The molecule has 3 aromatic rings. The van der Waals surface area contributed by atoms with Gasteiger partial charge >= 0.3 is 5.97 Å². The van der Waals surface area contributed by atoms with Crippen molar-refractivity contribution in [3.05, 3.63) is 64.3 Å². The molecular weight excluding hydrogens is 494 g/mol. The zero-order chi connectivity index (χ0) is 26.6. The predicted molar refractivity (Wildman–Crippen MR) is 130 cm³/mol. The van der Waals surface area contributed by atoms with Gasteiger partial charge in [-0.05, 0) is 55.0 Å².